The van der Waals surface area contributed by atoms with Crippen molar-refractivity contribution in [1.29, 1.82) is 0 Å². The van der Waals surface area contributed by atoms with Crippen LogP contribution in [0.3, 0.4) is 0 Å². The zero-order chi connectivity index (χ0) is 18.0. The second kappa shape index (κ2) is 7.26. The summed E-state index contributed by atoms with van der Waals surface area (Å²) in [5.74, 6) is 0.727. The molecule has 132 valence electrons. The fourth-order valence-corrected chi connectivity index (χ4v) is 2.79. The first-order valence-corrected chi connectivity index (χ1v) is 8.85. The highest BCUT2D eigenvalue weighted by molar-refractivity contribution is 9.10. The molecule has 0 fully saturated rings. The first-order chi connectivity index (χ1) is 12.0. The number of rotatable bonds is 6. The minimum Gasteiger partial charge on any atom is -0.454 e. The number of halogens is 1. The van der Waals surface area contributed by atoms with Crippen LogP contribution >= 0.6 is 15.9 Å². The van der Waals surface area contributed by atoms with Gasteiger partial charge < -0.3 is 9.73 Å². The van der Waals surface area contributed by atoms with E-state index < -0.39 is 0 Å². The zero-order valence-corrected chi connectivity index (χ0v) is 16.0. The molecule has 3 aromatic heterocycles. The number of hydrogen-bond donors (Lipinski definition) is 1. The van der Waals surface area contributed by atoms with E-state index in [1.54, 1.807) is 18.3 Å². The molecule has 3 aromatic rings. The SMILES string of the molecule is CCn1cc(CNC(=O)c2ccc(Cn3nc(C)c(Br)c3C)o2)cn1. The van der Waals surface area contributed by atoms with Crippen molar-refractivity contribution in [3.05, 3.63) is 57.5 Å². The molecule has 0 aliphatic heterocycles. The molecule has 0 aliphatic carbocycles. The average Bonchev–Trinajstić information content (AvgIpc) is 3.31. The summed E-state index contributed by atoms with van der Waals surface area (Å²) in [7, 11) is 0. The second-order valence-corrected chi connectivity index (χ2v) is 6.59. The highest BCUT2D eigenvalue weighted by atomic mass is 79.9. The molecule has 1 N–H and O–H groups in total. The minimum atomic E-state index is -0.245. The molecule has 3 heterocycles. The first-order valence-electron chi connectivity index (χ1n) is 8.05. The van der Waals surface area contributed by atoms with Gasteiger partial charge in [-0.25, -0.2) is 0 Å². The van der Waals surface area contributed by atoms with E-state index in [2.05, 4.69) is 31.4 Å². The maximum Gasteiger partial charge on any atom is 0.287 e. The van der Waals surface area contributed by atoms with Gasteiger partial charge in [-0.05, 0) is 48.8 Å². The van der Waals surface area contributed by atoms with Crippen molar-refractivity contribution in [3.63, 3.8) is 0 Å². The minimum absolute atomic E-state index is 0.245. The molecule has 7 nitrogen and oxygen atoms in total. The van der Waals surface area contributed by atoms with Gasteiger partial charge >= 0.3 is 0 Å². The summed E-state index contributed by atoms with van der Waals surface area (Å²) in [4.78, 5) is 12.2. The summed E-state index contributed by atoms with van der Waals surface area (Å²) < 4.78 is 10.3. The molecule has 0 atom stereocenters. The Bertz CT molecular complexity index is 893. The lowest BCUT2D eigenvalue weighted by Crippen LogP contribution is -2.22. The van der Waals surface area contributed by atoms with Gasteiger partial charge in [0, 0.05) is 24.8 Å². The Morgan fingerprint density at radius 1 is 1.36 bits per heavy atom. The highest BCUT2D eigenvalue weighted by Gasteiger charge is 2.14. The molecule has 0 bridgehead atoms. The lowest BCUT2D eigenvalue weighted by Gasteiger charge is -2.02. The fraction of sp³-hybridized carbons (Fsp3) is 0.353. The van der Waals surface area contributed by atoms with E-state index in [1.807, 2.05) is 36.3 Å². The predicted molar refractivity (Wildman–Crippen MR) is 96.3 cm³/mol. The molecule has 0 saturated carbocycles. The Labute approximate surface area is 154 Å². The summed E-state index contributed by atoms with van der Waals surface area (Å²) in [5.41, 5.74) is 2.90. The molecule has 25 heavy (non-hydrogen) atoms. The summed E-state index contributed by atoms with van der Waals surface area (Å²) in [6.45, 7) is 7.64. The third-order valence-corrected chi connectivity index (χ3v) is 5.10. The van der Waals surface area contributed by atoms with E-state index in [0.717, 1.165) is 28.0 Å². The summed E-state index contributed by atoms with van der Waals surface area (Å²) in [6, 6.07) is 3.48. The average molecular weight is 406 g/mol. The van der Waals surface area contributed by atoms with Crippen LogP contribution in [-0.4, -0.2) is 25.5 Å². The van der Waals surface area contributed by atoms with E-state index in [0.29, 0.717) is 24.6 Å². The van der Waals surface area contributed by atoms with Gasteiger partial charge in [-0.15, -0.1) is 0 Å². The van der Waals surface area contributed by atoms with Crippen molar-refractivity contribution >= 4 is 21.8 Å². The van der Waals surface area contributed by atoms with Gasteiger partial charge in [0.2, 0.25) is 0 Å². The first kappa shape index (κ1) is 17.5. The van der Waals surface area contributed by atoms with Crippen LogP contribution in [0.5, 0.6) is 0 Å². The van der Waals surface area contributed by atoms with Gasteiger partial charge in [0.25, 0.3) is 5.91 Å². The molecule has 0 unspecified atom stereocenters. The topological polar surface area (TPSA) is 77.9 Å². The van der Waals surface area contributed by atoms with Crippen molar-refractivity contribution in [1.82, 2.24) is 24.9 Å². The Kier molecular flexibility index (Phi) is 5.08. The number of carbonyl (C=O) groups excluding carboxylic acids is 1. The smallest absolute Gasteiger partial charge is 0.287 e. The monoisotopic (exact) mass is 405 g/mol. The standard InChI is InChI=1S/C17H20BrN5O2/c1-4-22-9-13(8-20-22)7-19-17(24)15-6-5-14(25-15)10-23-12(3)16(18)11(2)21-23/h5-6,8-9H,4,7,10H2,1-3H3,(H,19,24). The molecule has 0 saturated heterocycles. The molecule has 0 radical (unpaired) electrons. The lowest BCUT2D eigenvalue weighted by atomic mass is 10.3. The van der Waals surface area contributed by atoms with Crippen molar-refractivity contribution < 1.29 is 9.21 Å². The summed E-state index contributed by atoms with van der Waals surface area (Å²) in [6.07, 6.45) is 3.66. The quantitative estimate of drug-likeness (QED) is 0.683. The number of carbonyl (C=O) groups is 1. The molecule has 0 spiro atoms. The van der Waals surface area contributed by atoms with E-state index >= 15 is 0 Å². The van der Waals surface area contributed by atoms with Crippen LogP contribution in [0.1, 0.15) is 40.2 Å². The molecule has 1 amide bonds. The number of aromatic nitrogens is 4. The Morgan fingerprint density at radius 2 is 2.16 bits per heavy atom. The number of nitrogens with one attached hydrogen (secondary N) is 1. The summed E-state index contributed by atoms with van der Waals surface area (Å²) in [5, 5.41) is 11.5. The van der Waals surface area contributed by atoms with Crippen LogP contribution in [0.2, 0.25) is 0 Å². The number of amides is 1. The van der Waals surface area contributed by atoms with E-state index in [-0.39, 0.29) is 5.91 Å². The van der Waals surface area contributed by atoms with Crippen molar-refractivity contribution in [2.45, 2.75) is 40.4 Å². The second-order valence-electron chi connectivity index (χ2n) is 5.80. The summed E-state index contributed by atoms with van der Waals surface area (Å²) >= 11 is 3.51. The molecule has 3 rings (SSSR count). The van der Waals surface area contributed by atoms with Gasteiger partial charge in [-0.1, -0.05) is 0 Å². The maximum absolute atomic E-state index is 12.2. The van der Waals surface area contributed by atoms with Gasteiger partial charge in [-0.3, -0.25) is 14.2 Å². The maximum atomic E-state index is 12.2. The van der Waals surface area contributed by atoms with E-state index in [9.17, 15) is 4.79 Å². The van der Waals surface area contributed by atoms with Crippen LogP contribution in [-0.2, 0) is 19.6 Å². The van der Waals surface area contributed by atoms with Crippen LogP contribution in [0.4, 0.5) is 0 Å². The highest BCUT2D eigenvalue weighted by Crippen LogP contribution is 2.21. The van der Waals surface area contributed by atoms with Crippen LogP contribution in [0, 0.1) is 13.8 Å². The zero-order valence-electron chi connectivity index (χ0n) is 14.4. The van der Waals surface area contributed by atoms with E-state index in [1.165, 1.54) is 0 Å². The van der Waals surface area contributed by atoms with E-state index in [4.69, 9.17) is 4.42 Å². The molecule has 0 aromatic carbocycles. The number of aryl methyl sites for hydroxylation is 2. The lowest BCUT2D eigenvalue weighted by molar-refractivity contribution is 0.0921. The number of furan rings is 1. The number of nitrogens with zero attached hydrogens (tertiary/aromatic N) is 4. The largest absolute Gasteiger partial charge is 0.454 e. The Balaban J connectivity index is 1.62. The Morgan fingerprint density at radius 3 is 2.80 bits per heavy atom. The van der Waals surface area contributed by atoms with Crippen LogP contribution in [0.15, 0.2) is 33.4 Å². The van der Waals surface area contributed by atoms with Gasteiger partial charge in [0.05, 0.1) is 28.6 Å². The van der Waals surface area contributed by atoms with Gasteiger partial charge in [0.1, 0.15) is 5.76 Å². The number of hydrogen-bond acceptors (Lipinski definition) is 4. The van der Waals surface area contributed by atoms with Gasteiger partial charge in [-0.2, -0.15) is 10.2 Å². The molecular weight excluding hydrogens is 386 g/mol. The van der Waals surface area contributed by atoms with Gasteiger partial charge in [0.15, 0.2) is 5.76 Å². The molecule has 8 heteroatoms. The van der Waals surface area contributed by atoms with Crippen molar-refractivity contribution in [3.8, 4) is 0 Å². The van der Waals surface area contributed by atoms with Crippen molar-refractivity contribution in [2.75, 3.05) is 0 Å². The van der Waals surface area contributed by atoms with Crippen molar-refractivity contribution in [2.24, 2.45) is 0 Å². The third-order valence-electron chi connectivity index (χ3n) is 3.95. The third kappa shape index (κ3) is 3.84. The normalized spacial score (nSPS) is 11.0. The molecular formula is C17H20BrN5O2. The Hall–Kier alpha value is -2.35. The van der Waals surface area contributed by atoms with Crippen LogP contribution in [0.25, 0.3) is 0 Å². The molecule has 0 aliphatic rings. The fourth-order valence-electron chi connectivity index (χ4n) is 2.50. The van der Waals surface area contributed by atoms with Crippen LogP contribution < -0.4 is 5.32 Å². The predicted octanol–water partition coefficient (Wildman–Crippen LogP) is 3.05.